The van der Waals surface area contributed by atoms with Crippen LogP contribution in [-0.4, -0.2) is 55.2 Å². The molecule has 0 radical (unpaired) electrons. The summed E-state index contributed by atoms with van der Waals surface area (Å²) in [6, 6.07) is 3.19. The molecule has 2 rings (SSSR count). The van der Waals surface area contributed by atoms with E-state index in [0.29, 0.717) is 12.5 Å². The van der Waals surface area contributed by atoms with Crippen LogP contribution in [0.1, 0.15) is 51.1 Å². The molecule has 0 aromatic heterocycles. The molecule has 1 aromatic rings. The quantitative estimate of drug-likeness (QED) is 0.344. The van der Waals surface area contributed by atoms with E-state index >= 15 is 0 Å². The number of hydrogen-bond donors (Lipinski definition) is 3. The zero-order valence-electron chi connectivity index (χ0n) is 18.1. The highest BCUT2D eigenvalue weighted by Gasteiger charge is 2.59. The van der Waals surface area contributed by atoms with Crippen LogP contribution in [0.4, 0.5) is 26.3 Å². The molecule has 0 aliphatic heterocycles. The highest BCUT2D eigenvalue weighted by atomic mass is 32.2. The zero-order chi connectivity index (χ0) is 26.2. The van der Waals surface area contributed by atoms with Crippen molar-refractivity contribution in [3.8, 4) is 0 Å². The number of sulfonamides is 2. The van der Waals surface area contributed by atoms with Gasteiger partial charge < -0.3 is 5.11 Å². The van der Waals surface area contributed by atoms with Crippen molar-refractivity contribution in [1.29, 1.82) is 0 Å². The van der Waals surface area contributed by atoms with Gasteiger partial charge in [-0.25, -0.2) is 21.6 Å². The molecule has 196 valence electrons. The lowest BCUT2D eigenvalue weighted by atomic mass is 9.90. The molecule has 1 unspecified atom stereocenters. The summed E-state index contributed by atoms with van der Waals surface area (Å²) in [5.74, 6) is -2.96. The lowest BCUT2D eigenvalue weighted by Crippen LogP contribution is -2.69. The van der Waals surface area contributed by atoms with Crippen LogP contribution < -0.4 is 10.0 Å². The summed E-state index contributed by atoms with van der Waals surface area (Å²) in [5.41, 5.74) is -11.2. The third kappa shape index (κ3) is 6.20. The summed E-state index contributed by atoms with van der Waals surface area (Å²) in [5, 5.41) is 13.3. The lowest BCUT2D eigenvalue weighted by molar-refractivity contribution is -0.121. The van der Waals surface area contributed by atoms with Gasteiger partial charge in [-0.1, -0.05) is 43.2 Å². The second kappa shape index (κ2) is 9.89. The molecule has 16 heteroatoms. The molecule has 0 heterocycles. The number of benzene rings is 1. The fraction of sp³-hybridized carbons (Fsp3) is 0.667. The first-order chi connectivity index (χ1) is 15.3. The van der Waals surface area contributed by atoms with Crippen LogP contribution in [0.2, 0.25) is 0 Å². The zero-order valence-corrected chi connectivity index (χ0v) is 19.7. The predicted octanol–water partition coefficient (Wildman–Crippen LogP) is 2.91. The van der Waals surface area contributed by atoms with E-state index in [4.69, 9.17) is 0 Å². The SMILES string of the molecule is C[C@@H](NC(C)(O)N([C@H]1CCCC[C@@H]1NS(=O)(=O)C(F)(F)F)S(=O)(=O)C(F)(F)F)c1ccccc1. The van der Waals surface area contributed by atoms with Crippen molar-refractivity contribution in [1.82, 2.24) is 14.3 Å². The fourth-order valence-electron chi connectivity index (χ4n) is 3.94. The Hall–Kier alpha value is -1.46. The van der Waals surface area contributed by atoms with E-state index in [9.17, 15) is 48.3 Å². The molecule has 1 fully saturated rings. The van der Waals surface area contributed by atoms with Crippen LogP contribution >= 0.6 is 0 Å². The van der Waals surface area contributed by atoms with Crippen LogP contribution in [0.15, 0.2) is 30.3 Å². The van der Waals surface area contributed by atoms with Crippen molar-refractivity contribution < 1.29 is 48.3 Å². The summed E-state index contributed by atoms with van der Waals surface area (Å²) in [4.78, 5) is 0. The largest absolute Gasteiger partial charge is 0.511 e. The molecule has 1 aliphatic rings. The number of nitrogens with one attached hydrogen (secondary N) is 2. The second-order valence-corrected chi connectivity index (χ2v) is 11.6. The Kier molecular flexibility index (Phi) is 8.37. The van der Waals surface area contributed by atoms with E-state index in [2.05, 4.69) is 5.32 Å². The van der Waals surface area contributed by atoms with Gasteiger partial charge in [0, 0.05) is 18.1 Å². The lowest BCUT2D eigenvalue weighted by Gasteiger charge is -2.46. The molecule has 8 nitrogen and oxygen atoms in total. The number of nitrogens with zero attached hydrogens (tertiary/aromatic N) is 1. The molecule has 0 bridgehead atoms. The van der Waals surface area contributed by atoms with Crippen LogP contribution in [-0.2, 0) is 20.0 Å². The summed E-state index contributed by atoms with van der Waals surface area (Å²) in [7, 11) is -12.4. The van der Waals surface area contributed by atoms with Gasteiger partial charge in [0.15, 0.2) is 5.85 Å². The summed E-state index contributed by atoms with van der Waals surface area (Å²) in [6.07, 6.45) is -0.605. The molecular formula is C18H25F6N3O5S2. The van der Waals surface area contributed by atoms with Crippen LogP contribution in [0.3, 0.4) is 0 Å². The third-order valence-corrected chi connectivity index (χ3v) is 8.36. The van der Waals surface area contributed by atoms with Crippen LogP contribution in [0.25, 0.3) is 0 Å². The number of hydrogen-bond acceptors (Lipinski definition) is 6. The minimum atomic E-state index is -6.34. The van der Waals surface area contributed by atoms with Gasteiger partial charge in [0.05, 0.1) is 0 Å². The van der Waals surface area contributed by atoms with Gasteiger partial charge in [0.1, 0.15) is 0 Å². The summed E-state index contributed by atoms with van der Waals surface area (Å²) >= 11 is 0. The molecule has 0 spiro atoms. The maximum Gasteiger partial charge on any atom is 0.511 e. The maximum absolute atomic E-state index is 13.6. The standard InChI is InChI=1S/C18H25F6N3O5S2/c1-12(13-8-4-3-5-9-13)25-16(2,28)27(34(31,32)18(22,23)24)15-11-7-6-10-14(15)26-33(29,30)17(19,20)21/h3-5,8-9,12,14-15,25-26,28H,6-7,10-11H2,1-2H3/t12-,14+,15+,16?/m1/s1. The number of rotatable bonds is 8. The van der Waals surface area contributed by atoms with E-state index in [1.165, 1.54) is 11.6 Å². The molecule has 4 atom stereocenters. The highest BCUT2D eigenvalue weighted by molar-refractivity contribution is 7.90. The van der Waals surface area contributed by atoms with Crippen molar-refractivity contribution in [3.63, 3.8) is 0 Å². The highest BCUT2D eigenvalue weighted by Crippen LogP contribution is 2.38. The second-order valence-electron chi connectivity index (χ2n) is 8.07. The molecule has 1 saturated carbocycles. The first kappa shape index (κ1) is 28.8. The Bertz CT molecular complexity index is 1050. The summed E-state index contributed by atoms with van der Waals surface area (Å²) < 4.78 is 129. The first-order valence-corrected chi connectivity index (χ1v) is 13.0. The van der Waals surface area contributed by atoms with Crippen LogP contribution in [0, 0.1) is 0 Å². The van der Waals surface area contributed by atoms with Gasteiger partial charge in [-0.2, -0.15) is 26.3 Å². The Morgan fingerprint density at radius 3 is 2.00 bits per heavy atom. The molecule has 0 saturated heterocycles. The predicted molar refractivity (Wildman–Crippen MR) is 110 cm³/mol. The number of aliphatic hydroxyl groups is 1. The minimum Gasteiger partial charge on any atom is -0.362 e. The molecule has 1 aromatic carbocycles. The topological polar surface area (TPSA) is 116 Å². The van der Waals surface area contributed by atoms with Crippen molar-refractivity contribution >= 4 is 20.0 Å². The Balaban J connectivity index is 2.54. The monoisotopic (exact) mass is 541 g/mol. The summed E-state index contributed by atoms with van der Waals surface area (Å²) in [6.45, 7) is 2.13. The molecule has 3 N–H and O–H groups in total. The average molecular weight is 542 g/mol. The molecule has 1 aliphatic carbocycles. The Morgan fingerprint density at radius 2 is 1.50 bits per heavy atom. The van der Waals surface area contributed by atoms with E-state index in [0.717, 1.165) is 0 Å². The number of alkyl halides is 6. The maximum atomic E-state index is 13.6. The molecule has 34 heavy (non-hydrogen) atoms. The van der Waals surface area contributed by atoms with Gasteiger partial charge >= 0.3 is 31.1 Å². The van der Waals surface area contributed by atoms with E-state index in [1.54, 1.807) is 30.3 Å². The fourth-order valence-corrected chi connectivity index (χ4v) is 6.10. The molecular weight excluding hydrogens is 516 g/mol. The van der Waals surface area contributed by atoms with Gasteiger partial charge in [-0.05, 0) is 32.3 Å². The first-order valence-electron chi connectivity index (χ1n) is 10.1. The van der Waals surface area contributed by atoms with E-state index in [1.807, 2.05) is 0 Å². The Labute approximate surface area is 193 Å². The molecule has 0 amide bonds. The smallest absolute Gasteiger partial charge is 0.362 e. The van der Waals surface area contributed by atoms with E-state index < -0.39 is 61.5 Å². The van der Waals surface area contributed by atoms with Crippen molar-refractivity contribution in [2.75, 3.05) is 0 Å². The van der Waals surface area contributed by atoms with Crippen molar-refractivity contribution in [2.45, 2.75) is 74.5 Å². The van der Waals surface area contributed by atoms with Crippen LogP contribution in [0.5, 0.6) is 0 Å². The van der Waals surface area contributed by atoms with E-state index in [-0.39, 0.29) is 23.6 Å². The number of halogens is 6. The van der Waals surface area contributed by atoms with Gasteiger partial charge in [0.2, 0.25) is 0 Å². The average Bonchev–Trinajstić information content (AvgIpc) is 2.67. The normalized spacial score (nSPS) is 23.5. The van der Waals surface area contributed by atoms with Crippen molar-refractivity contribution in [2.24, 2.45) is 0 Å². The minimum absolute atomic E-state index is 0.0864. The van der Waals surface area contributed by atoms with Gasteiger partial charge in [-0.15, -0.1) is 4.31 Å². The Morgan fingerprint density at radius 1 is 0.971 bits per heavy atom. The van der Waals surface area contributed by atoms with Crippen molar-refractivity contribution in [3.05, 3.63) is 35.9 Å². The van der Waals surface area contributed by atoms with Gasteiger partial charge in [-0.3, -0.25) is 5.32 Å². The van der Waals surface area contributed by atoms with Gasteiger partial charge in [0.25, 0.3) is 0 Å². The third-order valence-electron chi connectivity index (χ3n) is 5.41.